The van der Waals surface area contributed by atoms with E-state index in [1.54, 1.807) is 31.5 Å². The number of benzene rings is 1. The standard InChI is InChI=1S/C20H19ClN2O4/c1-3-25-14-4-6-15(7-5-14)26-13-17-9-8-16(27-17)10-11-19(24)20-18(21)12-23(2)22-20/h4-12H,3,13H2,1-2H3/b11-10+. The van der Waals surface area contributed by atoms with Crippen LogP contribution in [0.4, 0.5) is 0 Å². The molecule has 0 aliphatic carbocycles. The monoisotopic (exact) mass is 386 g/mol. The fourth-order valence-corrected chi connectivity index (χ4v) is 2.65. The Labute approximate surface area is 162 Å². The predicted molar refractivity (Wildman–Crippen MR) is 102 cm³/mol. The summed E-state index contributed by atoms with van der Waals surface area (Å²) in [5.41, 5.74) is 0.209. The van der Waals surface area contributed by atoms with Crippen LogP contribution in [0.15, 0.2) is 53.1 Å². The molecule has 0 radical (unpaired) electrons. The molecule has 2 aromatic heterocycles. The van der Waals surface area contributed by atoms with E-state index in [1.165, 1.54) is 10.8 Å². The molecule has 0 spiro atoms. The fraction of sp³-hybridized carbons (Fsp3) is 0.200. The first-order chi connectivity index (χ1) is 13.0. The molecule has 3 rings (SSSR count). The number of hydrogen-bond donors (Lipinski definition) is 0. The largest absolute Gasteiger partial charge is 0.494 e. The highest BCUT2D eigenvalue weighted by atomic mass is 35.5. The molecule has 0 bridgehead atoms. The number of rotatable bonds is 8. The lowest BCUT2D eigenvalue weighted by Gasteiger charge is -2.06. The summed E-state index contributed by atoms with van der Waals surface area (Å²) in [6.45, 7) is 2.84. The van der Waals surface area contributed by atoms with E-state index in [4.69, 9.17) is 25.5 Å². The molecule has 0 N–H and O–H groups in total. The molecule has 1 aromatic carbocycles. The van der Waals surface area contributed by atoms with Crippen LogP contribution in [0.2, 0.25) is 5.02 Å². The molecule has 0 aliphatic rings. The van der Waals surface area contributed by atoms with Crippen LogP contribution >= 0.6 is 11.6 Å². The highest BCUT2D eigenvalue weighted by Crippen LogP contribution is 2.20. The molecule has 27 heavy (non-hydrogen) atoms. The summed E-state index contributed by atoms with van der Waals surface area (Å²) in [5, 5.41) is 4.35. The van der Waals surface area contributed by atoms with Gasteiger partial charge in [-0.1, -0.05) is 11.6 Å². The summed E-state index contributed by atoms with van der Waals surface area (Å²) < 4.78 is 18.2. The average molecular weight is 387 g/mol. The number of allylic oxidation sites excluding steroid dienone is 1. The minimum Gasteiger partial charge on any atom is -0.494 e. The molecule has 0 aliphatic heterocycles. The number of nitrogens with zero attached hydrogens (tertiary/aromatic N) is 2. The Kier molecular flexibility index (Phi) is 5.98. The lowest BCUT2D eigenvalue weighted by Crippen LogP contribution is -1.98. The van der Waals surface area contributed by atoms with Gasteiger partial charge >= 0.3 is 0 Å². The molecule has 140 valence electrons. The Morgan fingerprint density at radius 3 is 2.52 bits per heavy atom. The van der Waals surface area contributed by atoms with Crippen molar-refractivity contribution in [2.75, 3.05) is 6.61 Å². The number of halogens is 1. The van der Waals surface area contributed by atoms with Gasteiger partial charge in [0.2, 0.25) is 5.78 Å². The van der Waals surface area contributed by atoms with Crippen molar-refractivity contribution in [1.29, 1.82) is 0 Å². The molecule has 6 nitrogen and oxygen atoms in total. The van der Waals surface area contributed by atoms with Gasteiger partial charge in [-0.25, -0.2) is 0 Å². The van der Waals surface area contributed by atoms with Crippen molar-refractivity contribution in [3.8, 4) is 11.5 Å². The Morgan fingerprint density at radius 2 is 1.89 bits per heavy atom. The van der Waals surface area contributed by atoms with Crippen molar-refractivity contribution < 1.29 is 18.7 Å². The van der Waals surface area contributed by atoms with E-state index >= 15 is 0 Å². The topological polar surface area (TPSA) is 66.5 Å². The zero-order chi connectivity index (χ0) is 19.2. The van der Waals surface area contributed by atoms with Gasteiger partial charge in [-0.2, -0.15) is 5.10 Å². The van der Waals surface area contributed by atoms with Gasteiger partial charge in [0.15, 0.2) is 5.69 Å². The number of hydrogen-bond acceptors (Lipinski definition) is 5. The van der Waals surface area contributed by atoms with Gasteiger partial charge < -0.3 is 13.9 Å². The Morgan fingerprint density at radius 1 is 1.19 bits per heavy atom. The fourth-order valence-electron chi connectivity index (χ4n) is 2.38. The van der Waals surface area contributed by atoms with Crippen LogP contribution in [-0.2, 0) is 13.7 Å². The number of aryl methyl sites for hydroxylation is 1. The first-order valence-corrected chi connectivity index (χ1v) is 8.79. The molecule has 0 amide bonds. The average Bonchev–Trinajstić information content (AvgIpc) is 3.25. The van der Waals surface area contributed by atoms with Gasteiger partial charge in [0.25, 0.3) is 0 Å². The summed E-state index contributed by atoms with van der Waals surface area (Å²) in [5.74, 6) is 2.41. The summed E-state index contributed by atoms with van der Waals surface area (Å²) >= 11 is 5.97. The molecule has 0 atom stereocenters. The van der Waals surface area contributed by atoms with Gasteiger partial charge in [-0.3, -0.25) is 9.48 Å². The number of carbonyl (C=O) groups is 1. The zero-order valence-corrected chi connectivity index (χ0v) is 15.8. The molecule has 7 heteroatoms. The molecular weight excluding hydrogens is 368 g/mol. The zero-order valence-electron chi connectivity index (χ0n) is 15.0. The summed E-state index contributed by atoms with van der Waals surface area (Å²) in [6, 6.07) is 10.9. The quantitative estimate of drug-likeness (QED) is 0.420. The van der Waals surface area contributed by atoms with E-state index in [1.807, 2.05) is 31.2 Å². The van der Waals surface area contributed by atoms with Crippen LogP contribution in [0, 0.1) is 0 Å². The summed E-state index contributed by atoms with van der Waals surface area (Å²) in [6.07, 6.45) is 4.53. The van der Waals surface area contributed by atoms with Crippen LogP contribution < -0.4 is 9.47 Å². The minimum absolute atomic E-state index is 0.209. The normalized spacial score (nSPS) is 11.1. The van der Waals surface area contributed by atoms with Crippen LogP contribution in [0.1, 0.15) is 28.9 Å². The number of ketones is 1. The Balaban J connectivity index is 1.56. The summed E-state index contributed by atoms with van der Waals surface area (Å²) in [7, 11) is 1.70. The van der Waals surface area contributed by atoms with Gasteiger partial charge in [0, 0.05) is 13.2 Å². The van der Waals surface area contributed by atoms with E-state index < -0.39 is 0 Å². The number of furan rings is 1. The van der Waals surface area contributed by atoms with E-state index in [-0.39, 0.29) is 18.1 Å². The predicted octanol–water partition coefficient (Wildman–Crippen LogP) is 4.54. The minimum atomic E-state index is -0.288. The first kappa shape index (κ1) is 18.8. The Bertz CT molecular complexity index is 941. The number of aromatic nitrogens is 2. The van der Waals surface area contributed by atoms with Crippen molar-refractivity contribution in [2.45, 2.75) is 13.5 Å². The second kappa shape index (κ2) is 8.60. The molecular formula is C20H19ClN2O4. The third kappa shape index (κ3) is 5.01. The van der Waals surface area contributed by atoms with Crippen LogP contribution in [0.25, 0.3) is 6.08 Å². The van der Waals surface area contributed by atoms with Gasteiger partial charge in [0.05, 0.1) is 11.6 Å². The molecule has 0 saturated carbocycles. The van der Waals surface area contributed by atoms with E-state index in [2.05, 4.69) is 5.10 Å². The molecule has 2 heterocycles. The van der Waals surface area contributed by atoms with Crippen molar-refractivity contribution in [2.24, 2.45) is 7.05 Å². The number of ether oxygens (including phenoxy) is 2. The van der Waals surface area contributed by atoms with Crippen molar-refractivity contribution >= 4 is 23.5 Å². The summed E-state index contributed by atoms with van der Waals surface area (Å²) in [4.78, 5) is 12.1. The molecule has 0 saturated heterocycles. The Hall–Kier alpha value is -2.99. The van der Waals surface area contributed by atoms with Gasteiger partial charge in [0.1, 0.15) is 29.6 Å². The maximum Gasteiger partial charge on any atom is 0.207 e. The maximum absolute atomic E-state index is 12.1. The second-order valence-corrected chi connectivity index (χ2v) is 6.10. The molecule has 0 fully saturated rings. The SMILES string of the molecule is CCOc1ccc(OCc2ccc(/C=C/C(=O)c3nn(C)cc3Cl)o2)cc1. The second-order valence-electron chi connectivity index (χ2n) is 5.69. The molecule has 3 aromatic rings. The van der Waals surface area contributed by atoms with Crippen molar-refractivity contribution in [3.05, 3.63) is 70.9 Å². The lowest BCUT2D eigenvalue weighted by atomic mass is 10.2. The maximum atomic E-state index is 12.1. The smallest absolute Gasteiger partial charge is 0.207 e. The van der Waals surface area contributed by atoms with E-state index in [0.29, 0.717) is 28.9 Å². The van der Waals surface area contributed by atoms with Crippen LogP contribution in [0.5, 0.6) is 11.5 Å². The number of carbonyl (C=O) groups excluding carboxylic acids is 1. The third-order valence-electron chi connectivity index (χ3n) is 3.61. The van der Waals surface area contributed by atoms with Crippen LogP contribution in [-0.4, -0.2) is 22.2 Å². The third-order valence-corrected chi connectivity index (χ3v) is 3.89. The highest BCUT2D eigenvalue weighted by Gasteiger charge is 2.12. The van der Waals surface area contributed by atoms with E-state index in [0.717, 1.165) is 5.75 Å². The van der Waals surface area contributed by atoms with Crippen LogP contribution in [0.3, 0.4) is 0 Å². The van der Waals surface area contributed by atoms with Crippen molar-refractivity contribution in [3.63, 3.8) is 0 Å². The van der Waals surface area contributed by atoms with Gasteiger partial charge in [-0.05, 0) is 55.5 Å². The lowest BCUT2D eigenvalue weighted by molar-refractivity contribution is 0.104. The van der Waals surface area contributed by atoms with Crippen molar-refractivity contribution in [1.82, 2.24) is 9.78 Å². The highest BCUT2D eigenvalue weighted by molar-refractivity contribution is 6.34. The van der Waals surface area contributed by atoms with E-state index in [9.17, 15) is 4.79 Å². The molecule has 0 unspecified atom stereocenters. The van der Waals surface area contributed by atoms with Gasteiger partial charge in [-0.15, -0.1) is 0 Å². The first-order valence-electron chi connectivity index (χ1n) is 8.41.